The third kappa shape index (κ3) is 2.23. The molecule has 1 aromatic carbocycles. The fraction of sp³-hybridized carbons (Fsp3) is 0.0667. The third-order valence-electron chi connectivity index (χ3n) is 3.44. The topological polar surface area (TPSA) is 79.4 Å². The van der Waals surface area contributed by atoms with Gasteiger partial charge in [-0.1, -0.05) is 18.2 Å². The van der Waals surface area contributed by atoms with Crippen LogP contribution < -0.4 is 5.32 Å². The second-order valence-corrected chi connectivity index (χ2v) is 5.12. The quantitative estimate of drug-likeness (QED) is 0.568. The minimum absolute atomic E-state index is 0.168. The number of nitrogens with one attached hydrogen (secondary N) is 2. The number of hydrogen-bond acceptors (Lipinski definition) is 5. The van der Waals surface area contributed by atoms with E-state index in [1.165, 1.54) is 0 Å². The van der Waals surface area contributed by atoms with Crippen molar-refractivity contribution in [2.75, 3.05) is 5.32 Å². The van der Waals surface area contributed by atoms with Gasteiger partial charge in [0.1, 0.15) is 5.52 Å². The van der Waals surface area contributed by atoms with Gasteiger partial charge in [-0.25, -0.2) is 4.98 Å². The zero-order chi connectivity index (χ0) is 14.9. The molecule has 4 aromatic rings. The molecule has 0 fully saturated rings. The maximum Gasteiger partial charge on any atom is 0.226 e. The fourth-order valence-corrected chi connectivity index (χ4v) is 2.59. The van der Waals surface area contributed by atoms with E-state index in [0.717, 1.165) is 22.0 Å². The van der Waals surface area contributed by atoms with Crippen molar-refractivity contribution < 1.29 is 0 Å². The summed E-state index contributed by atoms with van der Waals surface area (Å²) in [4.78, 5) is 19.8. The molecule has 0 spiro atoms. The summed E-state index contributed by atoms with van der Waals surface area (Å²) in [6.07, 6.45) is 3.38. The van der Waals surface area contributed by atoms with Crippen molar-refractivity contribution in [3.05, 3.63) is 53.7 Å². The van der Waals surface area contributed by atoms with Crippen LogP contribution >= 0.6 is 11.6 Å². The van der Waals surface area contributed by atoms with E-state index in [-0.39, 0.29) is 5.28 Å². The van der Waals surface area contributed by atoms with Crippen LogP contribution in [0.15, 0.2) is 42.9 Å². The molecule has 0 aliphatic heterocycles. The highest BCUT2D eigenvalue weighted by Gasteiger charge is 2.09. The Labute approximate surface area is 130 Å². The second kappa shape index (κ2) is 5.23. The van der Waals surface area contributed by atoms with Gasteiger partial charge in [0.2, 0.25) is 5.28 Å². The van der Waals surface area contributed by atoms with E-state index >= 15 is 0 Å². The van der Waals surface area contributed by atoms with Crippen molar-refractivity contribution in [3.63, 3.8) is 0 Å². The molecule has 7 heteroatoms. The lowest BCUT2D eigenvalue weighted by atomic mass is 10.1. The van der Waals surface area contributed by atoms with E-state index < -0.39 is 0 Å². The van der Waals surface area contributed by atoms with Crippen LogP contribution in [0.2, 0.25) is 5.28 Å². The van der Waals surface area contributed by atoms with E-state index in [2.05, 4.69) is 36.3 Å². The predicted molar refractivity (Wildman–Crippen MR) is 85.8 cm³/mol. The van der Waals surface area contributed by atoms with Gasteiger partial charge in [-0.15, -0.1) is 0 Å². The fourth-order valence-electron chi connectivity index (χ4n) is 2.42. The van der Waals surface area contributed by atoms with Crippen LogP contribution in [0.5, 0.6) is 0 Å². The average Bonchev–Trinajstić information content (AvgIpc) is 3.00. The van der Waals surface area contributed by atoms with E-state index in [1.54, 1.807) is 12.5 Å². The first-order valence-corrected chi connectivity index (χ1v) is 7.12. The predicted octanol–water partition coefficient (Wildman–Crippen LogP) is 3.17. The number of imidazole rings is 1. The molecule has 3 aromatic heterocycles. The van der Waals surface area contributed by atoms with Gasteiger partial charge >= 0.3 is 0 Å². The van der Waals surface area contributed by atoms with Crippen LogP contribution in [0.25, 0.3) is 22.1 Å². The molecule has 0 aliphatic carbocycles. The zero-order valence-electron chi connectivity index (χ0n) is 11.4. The Morgan fingerprint density at radius 1 is 1.09 bits per heavy atom. The maximum atomic E-state index is 5.93. The Morgan fingerprint density at radius 3 is 2.95 bits per heavy atom. The molecule has 22 heavy (non-hydrogen) atoms. The summed E-state index contributed by atoms with van der Waals surface area (Å²) >= 11 is 5.93. The second-order valence-electron chi connectivity index (χ2n) is 4.78. The highest BCUT2D eigenvalue weighted by molar-refractivity contribution is 6.28. The van der Waals surface area contributed by atoms with Crippen molar-refractivity contribution in [3.8, 4) is 0 Å². The van der Waals surface area contributed by atoms with Gasteiger partial charge in [-0.2, -0.15) is 9.97 Å². The number of benzene rings is 1. The first-order chi connectivity index (χ1) is 10.8. The molecule has 3 heterocycles. The number of fused-ring (bicyclic) bond motifs is 2. The highest BCUT2D eigenvalue weighted by Crippen LogP contribution is 2.21. The Kier molecular flexibility index (Phi) is 3.08. The van der Waals surface area contributed by atoms with Crippen molar-refractivity contribution in [1.29, 1.82) is 0 Å². The lowest BCUT2D eigenvalue weighted by molar-refractivity contribution is 1.10. The van der Waals surface area contributed by atoms with Crippen LogP contribution in [-0.4, -0.2) is 24.9 Å². The highest BCUT2D eigenvalue weighted by atomic mass is 35.5. The number of halogens is 1. The number of para-hydroxylation sites is 1. The van der Waals surface area contributed by atoms with Gasteiger partial charge in [-0.05, 0) is 29.3 Å². The number of rotatable bonds is 3. The van der Waals surface area contributed by atoms with E-state index in [9.17, 15) is 0 Å². The van der Waals surface area contributed by atoms with E-state index in [0.29, 0.717) is 18.0 Å². The number of pyridine rings is 1. The van der Waals surface area contributed by atoms with Crippen molar-refractivity contribution in [1.82, 2.24) is 24.9 Å². The van der Waals surface area contributed by atoms with Crippen LogP contribution in [-0.2, 0) is 6.54 Å². The maximum absolute atomic E-state index is 5.93. The molecule has 0 bridgehead atoms. The van der Waals surface area contributed by atoms with E-state index in [1.807, 2.05) is 24.3 Å². The van der Waals surface area contributed by atoms with Crippen molar-refractivity contribution >= 4 is 39.5 Å². The molecule has 0 amide bonds. The number of aromatic amines is 1. The van der Waals surface area contributed by atoms with Crippen molar-refractivity contribution in [2.45, 2.75) is 6.54 Å². The van der Waals surface area contributed by atoms with E-state index in [4.69, 9.17) is 11.6 Å². The number of aromatic nitrogens is 5. The Morgan fingerprint density at radius 2 is 2.00 bits per heavy atom. The molecule has 6 nitrogen and oxygen atoms in total. The average molecular weight is 311 g/mol. The van der Waals surface area contributed by atoms with Gasteiger partial charge in [0.05, 0.1) is 11.8 Å². The monoisotopic (exact) mass is 310 g/mol. The SMILES string of the molecule is Clc1nc(NCc2ccnc3ccccc23)c2[nH]cnc2n1. The Hall–Kier alpha value is -2.73. The minimum atomic E-state index is 0.168. The molecule has 0 unspecified atom stereocenters. The third-order valence-corrected chi connectivity index (χ3v) is 3.61. The smallest absolute Gasteiger partial charge is 0.226 e. The summed E-state index contributed by atoms with van der Waals surface area (Å²) in [7, 11) is 0. The van der Waals surface area contributed by atoms with Gasteiger partial charge in [-0.3, -0.25) is 4.98 Å². The molecule has 108 valence electrons. The molecule has 0 saturated heterocycles. The van der Waals surface area contributed by atoms with Crippen LogP contribution in [0.4, 0.5) is 5.82 Å². The first-order valence-electron chi connectivity index (χ1n) is 6.74. The van der Waals surface area contributed by atoms with Crippen LogP contribution in [0, 0.1) is 0 Å². The Bertz CT molecular complexity index is 959. The number of anilines is 1. The Balaban J connectivity index is 1.70. The standard InChI is InChI=1S/C15H11ClN6/c16-15-21-13(12-14(22-15)20-8-19-12)18-7-9-5-6-17-11-4-2-1-3-10(9)11/h1-6,8H,7H2,(H2,18,19,20,21,22). The normalized spacial score (nSPS) is 11.1. The molecular formula is C15H11ClN6. The molecule has 0 atom stereocenters. The summed E-state index contributed by atoms with van der Waals surface area (Å²) in [5.41, 5.74) is 3.38. The number of nitrogens with zero attached hydrogens (tertiary/aromatic N) is 4. The summed E-state index contributed by atoms with van der Waals surface area (Å²) in [5.74, 6) is 0.633. The number of hydrogen-bond donors (Lipinski definition) is 2. The lowest BCUT2D eigenvalue weighted by Gasteiger charge is -2.09. The summed E-state index contributed by atoms with van der Waals surface area (Å²) in [6, 6.07) is 10.0. The van der Waals surface area contributed by atoms with Crippen LogP contribution in [0.3, 0.4) is 0 Å². The summed E-state index contributed by atoms with van der Waals surface area (Å²) in [5, 5.41) is 4.57. The van der Waals surface area contributed by atoms with Gasteiger partial charge in [0.15, 0.2) is 11.5 Å². The lowest BCUT2D eigenvalue weighted by Crippen LogP contribution is -2.04. The van der Waals surface area contributed by atoms with Crippen molar-refractivity contribution in [2.24, 2.45) is 0 Å². The van der Waals surface area contributed by atoms with Crippen LogP contribution in [0.1, 0.15) is 5.56 Å². The molecule has 2 N–H and O–H groups in total. The molecule has 0 saturated carbocycles. The minimum Gasteiger partial charge on any atom is -0.364 e. The summed E-state index contributed by atoms with van der Waals surface area (Å²) in [6.45, 7) is 0.602. The largest absolute Gasteiger partial charge is 0.364 e. The molecular weight excluding hydrogens is 300 g/mol. The first kappa shape index (κ1) is 13.0. The van der Waals surface area contributed by atoms with Gasteiger partial charge in [0.25, 0.3) is 0 Å². The molecule has 0 aliphatic rings. The number of H-pyrrole nitrogens is 1. The van der Waals surface area contributed by atoms with Gasteiger partial charge < -0.3 is 10.3 Å². The van der Waals surface area contributed by atoms with Gasteiger partial charge in [0, 0.05) is 18.1 Å². The molecule has 4 rings (SSSR count). The summed E-state index contributed by atoms with van der Waals surface area (Å²) < 4.78 is 0. The zero-order valence-corrected chi connectivity index (χ0v) is 12.2. The molecule has 0 radical (unpaired) electrons.